The Hall–Kier alpha value is -2.81. The van der Waals surface area contributed by atoms with E-state index in [1.54, 1.807) is 60.3 Å². The van der Waals surface area contributed by atoms with Crippen LogP contribution in [0.3, 0.4) is 0 Å². The SMILES string of the molecule is COC(=O)Cc1ccc(NC(=O)c2ccc[n+](C3OC(C)[C@@H](O)[C@H]3O)c2)cc1. The summed E-state index contributed by atoms with van der Waals surface area (Å²) in [6.45, 7) is 1.68. The van der Waals surface area contributed by atoms with E-state index in [0.29, 0.717) is 11.3 Å². The second-order valence-corrected chi connectivity index (χ2v) is 6.66. The first-order chi connectivity index (χ1) is 13.4. The molecule has 1 aromatic carbocycles. The van der Waals surface area contributed by atoms with Crippen LogP contribution < -0.4 is 9.88 Å². The number of aliphatic hydroxyl groups is 2. The van der Waals surface area contributed by atoms with Crippen LogP contribution in [-0.4, -0.2) is 47.5 Å². The van der Waals surface area contributed by atoms with Crippen molar-refractivity contribution in [2.45, 2.75) is 37.9 Å². The van der Waals surface area contributed by atoms with Gasteiger partial charge >= 0.3 is 5.97 Å². The van der Waals surface area contributed by atoms with Crippen LogP contribution in [0.25, 0.3) is 0 Å². The maximum Gasteiger partial charge on any atom is 0.309 e. The molecule has 1 aliphatic heterocycles. The number of rotatable bonds is 5. The number of ether oxygens (including phenoxy) is 2. The molecule has 4 atom stereocenters. The van der Waals surface area contributed by atoms with Crippen molar-refractivity contribution < 1.29 is 33.8 Å². The summed E-state index contributed by atoms with van der Waals surface area (Å²) in [6, 6.07) is 10.2. The number of esters is 1. The Morgan fingerprint density at radius 2 is 1.89 bits per heavy atom. The van der Waals surface area contributed by atoms with Gasteiger partial charge in [0.2, 0.25) is 0 Å². The largest absolute Gasteiger partial charge is 0.469 e. The molecule has 1 saturated heterocycles. The monoisotopic (exact) mass is 387 g/mol. The Morgan fingerprint density at radius 3 is 2.50 bits per heavy atom. The van der Waals surface area contributed by atoms with Gasteiger partial charge in [-0.3, -0.25) is 9.59 Å². The molecule has 3 rings (SSSR count). The van der Waals surface area contributed by atoms with Crippen molar-refractivity contribution in [3.63, 3.8) is 0 Å². The topological polar surface area (TPSA) is 109 Å². The lowest BCUT2D eigenvalue weighted by Gasteiger charge is -2.11. The standard InChI is InChI=1S/C20H22N2O6/c1-12-17(24)18(25)20(28-12)22-9-3-4-14(11-22)19(26)21-15-7-5-13(6-8-15)10-16(23)27-2/h3-9,11-12,17-18,20,24-25H,10H2,1-2H3/p+1/t12?,17-,18-,20?/m1/s1. The number of pyridine rings is 1. The number of nitrogens with one attached hydrogen (secondary N) is 1. The Labute approximate surface area is 162 Å². The summed E-state index contributed by atoms with van der Waals surface area (Å²) in [5.41, 5.74) is 1.73. The first-order valence-electron chi connectivity index (χ1n) is 8.88. The number of carbonyl (C=O) groups excluding carboxylic acids is 2. The number of benzene rings is 1. The highest BCUT2D eigenvalue weighted by atomic mass is 16.6. The van der Waals surface area contributed by atoms with Gasteiger partial charge in [0.05, 0.1) is 19.6 Å². The zero-order valence-electron chi connectivity index (χ0n) is 15.6. The number of carbonyl (C=O) groups is 2. The van der Waals surface area contributed by atoms with Gasteiger partial charge in [-0.1, -0.05) is 12.1 Å². The minimum atomic E-state index is -1.08. The van der Waals surface area contributed by atoms with E-state index in [4.69, 9.17) is 4.74 Å². The van der Waals surface area contributed by atoms with Gasteiger partial charge in [-0.2, -0.15) is 4.57 Å². The van der Waals surface area contributed by atoms with Crippen LogP contribution in [0, 0.1) is 0 Å². The van der Waals surface area contributed by atoms with Gasteiger partial charge in [-0.25, -0.2) is 0 Å². The van der Waals surface area contributed by atoms with Crippen LogP contribution in [-0.2, 0) is 20.7 Å². The molecule has 0 aliphatic carbocycles. The summed E-state index contributed by atoms with van der Waals surface area (Å²) in [7, 11) is 1.33. The van der Waals surface area contributed by atoms with E-state index >= 15 is 0 Å². The molecule has 0 radical (unpaired) electrons. The lowest BCUT2D eigenvalue weighted by Crippen LogP contribution is -2.46. The minimum Gasteiger partial charge on any atom is -0.469 e. The van der Waals surface area contributed by atoms with Crippen molar-refractivity contribution in [1.29, 1.82) is 0 Å². The molecule has 0 saturated carbocycles. The molecule has 3 N–H and O–H groups in total. The van der Waals surface area contributed by atoms with Crippen LogP contribution in [0.5, 0.6) is 0 Å². The highest BCUT2D eigenvalue weighted by Crippen LogP contribution is 2.25. The normalized spacial score (nSPS) is 24.0. The van der Waals surface area contributed by atoms with Crippen molar-refractivity contribution in [3.8, 4) is 0 Å². The summed E-state index contributed by atoms with van der Waals surface area (Å²) in [5.74, 6) is -0.669. The zero-order valence-corrected chi connectivity index (χ0v) is 15.6. The number of nitrogens with zero attached hydrogens (tertiary/aromatic N) is 1. The van der Waals surface area contributed by atoms with E-state index in [9.17, 15) is 19.8 Å². The molecule has 2 heterocycles. The maximum atomic E-state index is 12.5. The molecule has 0 spiro atoms. The highest BCUT2D eigenvalue weighted by Gasteiger charge is 2.46. The van der Waals surface area contributed by atoms with E-state index in [1.165, 1.54) is 7.11 Å². The third-order valence-electron chi connectivity index (χ3n) is 4.64. The van der Waals surface area contributed by atoms with E-state index in [1.807, 2.05) is 0 Å². The van der Waals surface area contributed by atoms with Crippen LogP contribution >= 0.6 is 0 Å². The van der Waals surface area contributed by atoms with Crippen LogP contribution in [0.1, 0.15) is 29.1 Å². The fourth-order valence-corrected chi connectivity index (χ4v) is 3.01. The van der Waals surface area contributed by atoms with Gasteiger partial charge in [-0.05, 0) is 30.7 Å². The Bertz CT molecular complexity index is 854. The lowest BCUT2D eigenvalue weighted by atomic mass is 10.1. The number of amides is 1. The Morgan fingerprint density at radius 1 is 1.18 bits per heavy atom. The van der Waals surface area contributed by atoms with E-state index in [-0.39, 0.29) is 18.3 Å². The van der Waals surface area contributed by atoms with Crippen LogP contribution in [0.4, 0.5) is 5.69 Å². The van der Waals surface area contributed by atoms with Crippen molar-refractivity contribution in [1.82, 2.24) is 0 Å². The summed E-state index contributed by atoms with van der Waals surface area (Å²) in [4.78, 5) is 23.8. The number of aliphatic hydroxyl groups excluding tert-OH is 2. The zero-order chi connectivity index (χ0) is 20.3. The van der Waals surface area contributed by atoms with Crippen molar-refractivity contribution in [2.24, 2.45) is 0 Å². The first-order valence-corrected chi connectivity index (χ1v) is 8.88. The second kappa shape index (κ2) is 8.47. The molecule has 8 nitrogen and oxygen atoms in total. The third kappa shape index (κ3) is 4.36. The molecule has 8 heteroatoms. The fourth-order valence-electron chi connectivity index (χ4n) is 3.01. The van der Waals surface area contributed by atoms with Crippen LogP contribution in [0.2, 0.25) is 0 Å². The number of aromatic nitrogens is 1. The van der Waals surface area contributed by atoms with Crippen molar-refractivity contribution >= 4 is 17.6 Å². The number of hydrogen-bond donors (Lipinski definition) is 3. The molecule has 1 fully saturated rings. The maximum absolute atomic E-state index is 12.5. The second-order valence-electron chi connectivity index (χ2n) is 6.66. The summed E-state index contributed by atoms with van der Waals surface area (Å²) >= 11 is 0. The van der Waals surface area contributed by atoms with Gasteiger partial charge in [-0.15, -0.1) is 0 Å². The van der Waals surface area contributed by atoms with Gasteiger partial charge < -0.3 is 25.0 Å². The van der Waals surface area contributed by atoms with E-state index in [0.717, 1.165) is 5.56 Å². The first kappa shape index (κ1) is 19.9. The molecule has 1 aromatic heterocycles. The summed E-state index contributed by atoms with van der Waals surface area (Å²) in [5, 5.41) is 22.8. The highest BCUT2D eigenvalue weighted by molar-refractivity contribution is 6.03. The fraction of sp³-hybridized carbons (Fsp3) is 0.350. The molecular weight excluding hydrogens is 364 g/mol. The minimum absolute atomic E-state index is 0.164. The van der Waals surface area contributed by atoms with E-state index in [2.05, 4.69) is 10.1 Å². The average molecular weight is 387 g/mol. The Kier molecular flexibility index (Phi) is 6.03. The molecule has 2 unspecified atom stereocenters. The predicted molar refractivity (Wildman–Crippen MR) is 98.3 cm³/mol. The molecule has 1 aliphatic rings. The number of anilines is 1. The molecule has 0 bridgehead atoms. The molecule has 28 heavy (non-hydrogen) atoms. The van der Waals surface area contributed by atoms with Gasteiger partial charge in [0, 0.05) is 11.8 Å². The van der Waals surface area contributed by atoms with Gasteiger partial charge in [0.15, 0.2) is 18.5 Å². The molecule has 2 aromatic rings. The lowest BCUT2D eigenvalue weighted by molar-refractivity contribution is -0.765. The molecular formula is C20H23N2O6+. The number of methoxy groups -OCH3 is 1. The smallest absolute Gasteiger partial charge is 0.309 e. The molecule has 148 valence electrons. The Balaban J connectivity index is 1.69. The van der Waals surface area contributed by atoms with Gasteiger partial charge in [0.25, 0.3) is 12.1 Å². The third-order valence-corrected chi connectivity index (χ3v) is 4.64. The quantitative estimate of drug-likeness (QED) is 0.512. The van der Waals surface area contributed by atoms with E-state index < -0.39 is 24.5 Å². The predicted octanol–water partition coefficient (Wildman–Crippen LogP) is 0.581. The average Bonchev–Trinajstić information content (AvgIpc) is 2.96. The van der Waals surface area contributed by atoms with Crippen LogP contribution in [0.15, 0.2) is 48.8 Å². The summed E-state index contributed by atoms with van der Waals surface area (Å²) in [6.07, 6.45) is 0.0385. The van der Waals surface area contributed by atoms with Gasteiger partial charge in [0.1, 0.15) is 11.7 Å². The summed E-state index contributed by atoms with van der Waals surface area (Å²) < 4.78 is 11.8. The van der Waals surface area contributed by atoms with Crippen molar-refractivity contribution in [3.05, 3.63) is 59.9 Å². The van der Waals surface area contributed by atoms with Crippen molar-refractivity contribution in [2.75, 3.05) is 12.4 Å². The molecule has 1 amide bonds. The number of hydrogen-bond acceptors (Lipinski definition) is 6.